The molecular formula is C19H24N2O2. The zero-order valence-corrected chi connectivity index (χ0v) is 14.1. The molecule has 0 aliphatic carbocycles. The molecule has 2 aromatic rings. The molecule has 0 radical (unpaired) electrons. The van der Waals surface area contributed by atoms with E-state index in [0.29, 0.717) is 6.42 Å². The maximum absolute atomic E-state index is 12.6. The van der Waals surface area contributed by atoms with Gasteiger partial charge in [0.2, 0.25) is 5.91 Å². The number of amides is 1. The second kappa shape index (κ2) is 7.68. The van der Waals surface area contributed by atoms with E-state index in [4.69, 9.17) is 4.74 Å². The fourth-order valence-corrected chi connectivity index (χ4v) is 2.39. The molecule has 2 N–H and O–H groups in total. The van der Waals surface area contributed by atoms with E-state index >= 15 is 0 Å². The van der Waals surface area contributed by atoms with Crippen LogP contribution < -0.4 is 15.4 Å². The summed E-state index contributed by atoms with van der Waals surface area (Å²) in [4.78, 5) is 12.6. The van der Waals surface area contributed by atoms with Gasteiger partial charge in [0.25, 0.3) is 0 Å². The lowest BCUT2D eigenvalue weighted by Crippen LogP contribution is -2.34. The van der Waals surface area contributed by atoms with Gasteiger partial charge in [-0.15, -0.1) is 0 Å². The standard InChI is InChI=1S/C19H24N2O2/c1-5-15(20-16-8-6-7-9-18(16)23-4)19(22)21-17-12-13(2)10-11-14(17)3/h6-12,15,20H,5H2,1-4H3,(H,21,22)/t15-/m1/s1. The van der Waals surface area contributed by atoms with E-state index in [0.717, 1.165) is 28.3 Å². The van der Waals surface area contributed by atoms with Crippen LogP contribution in [0.3, 0.4) is 0 Å². The molecular weight excluding hydrogens is 288 g/mol. The number of nitrogens with one attached hydrogen (secondary N) is 2. The van der Waals surface area contributed by atoms with E-state index in [1.54, 1.807) is 7.11 Å². The normalized spacial score (nSPS) is 11.7. The van der Waals surface area contributed by atoms with Gasteiger partial charge in [-0.3, -0.25) is 4.79 Å². The second-order valence-corrected chi connectivity index (χ2v) is 5.61. The number of carbonyl (C=O) groups excluding carboxylic acids is 1. The lowest BCUT2D eigenvalue weighted by Gasteiger charge is -2.20. The van der Waals surface area contributed by atoms with E-state index in [1.807, 2.05) is 63.2 Å². The van der Waals surface area contributed by atoms with Crippen LogP contribution >= 0.6 is 0 Å². The summed E-state index contributed by atoms with van der Waals surface area (Å²) >= 11 is 0. The van der Waals surface area contributed by atoms with Crippen molar-refractivity contribution in [2.75, 3.05) is 17.7 Å². The first-order valence-electron chi connectivity index (χ1n) is 7.82. The molecule has 1 amide bonds. The van der Waals surface area contributed by atoms with Crippen molar-refractivity contribution in [1.82, 2.24) is 0 Å². The van der Waals surface area contributed by atoms with Crippen molar-refractivity contribution in [3.63, 3.8) is 0 Å². The highest BCUT2D eigenvalue weighted by Crippen LogP contribution is 2.25. The van der Waals surface area contributed by atoms with Gasteiger partial charge in [-0.25, -0.2) is 0 Å². The average Bonchev–Trinajstić information content (AvgIpc) is 2.56. The summed E-state index contributed by atoms with van der Waals surface area (Å²) in [6.07, 6.45) is 0.675. The predicted octanol–water partition coefficient (Wildman–Crippen LogP) is 4.14. The SMILES string of the molecule is CC[C@@H](Nc1ccccc1OC)C(=O)Nc1cc(C)ccc1C. The molecule has 0 fully saturated rings. The highest BCUT2D eigenvalue weighted by Gasteiger charge is 2.18. The monoisotopic (exact) mass is 312 g/mol. The molecule has 2 aromatic carbocycles. The van der Waals surface area contributed by atoms with Crippen LogP contribution in [0.15, 0.2) is 42.5 Å². The molecule has 4 heteroatoms. The molecule has 0 unspecified atom stereocenters. The molecule has 1 atom stereocenters. The molecule has 0 aliphatic rings. The Morgan fingerprint density at radius 3 is 2.57 bits per heavy atom. The van der Waals surface area contributed by atoms with Gasteiger partial charge in [-0.1, -0.05) is 31.2 Å². The number of ether oxygens (including phenoxy) is 1. The second-order valence-electron chi connectivity index (χ2n) is 5.61. The zero-order chi connectivity index (χ0) is 16.8. The van der Waals surface area contributed by atoms with E-state index in [9.17, 15) is 4.79 Å². The lowest BCUT2D eigenvalue weighted by atomic mass is 10.1. The van der Waals surface area contributed by atoms with E-state index < -0.39 is 0 Å². The van der Waals surface area contributed by atoms with Gasteiger partial charge < -0.3 is 15.4 Å². The van der Waals surface area contributed by atoms with E-state index in [-0.39, 0.29) is 11.9 Å². The van der Waals surface area contributed by atoms with E-state index in [1.165, 1.54) is 0 Å². The number of para-hydroxylation sites is 2. The predicted molar refractivity (Wildman–Crippen MR) is 95.2 cm³/mol. The number of methoxy groups -OCH3 is 1. The molecule has 122 valence electrons. The number of anilines is 2. The highest BCUT2D eigenvalue weighted by atomic mass is 16.5. The molecule has 23 heavy (non-hydrogen) atoms. The third-order valence-electron chi connectivity index (χ3n) is 3.81. The number of benzene rings is 2. The maximum atomic E-state index is 12.6. The van der Waals surface area contributed by atoms with Gasteiger partial charge in [-0.2, -0.15) is 0 Å². The summed E-state index contributed by atoms with van der Waals surface area (Å²) in [7, 11) is 1.62. The first kappa shape index (κ1) is 16.9. The highest BCUT2D eigenvalue weighted by molar-refractivity contribution is 5.97. The van der Waals surface area contributed by atoms with Crippen molar-refractivity contribution in [2.24, 2.45) is 0 Å². The number of aryl methyl sites for hydroxylation is 2. The van der Waals surface area contributed by atoms with Gasteiger partial charge in [0.05, 0.1) is 12.8 Å². The third-order valence-corrected chi connectivity index (χ3v) is 3.81. The van der Waals surface area contributed by atoms with Crippen molar-refractivity contribution >= 4 is 17.3 Å². The third kappa shape index (κ3) is 4.25. The summed E-state index contributed by atoms with van der Waals surface area (Å²) < 4.78 is 5.33. The van der Waals surface area contributed by atoms with E-state index in [2.05, 4.69) is 10.6 Å². The van der Waals surface area contributed by atoms with Crippen molar-refractivity contribution in [2.45, 2.75) is 33.2 Å². The zero-order valence-electron chi connectivity index (χ0n) is 14.1. The summed E-state index contributed by atoms with van der Waals surface area (Å²) in [6.45, 7) is 5.99. The summed E-state index contributed by atoms with van der Waals surface area (Å²) in [5.74, 6) is 0.678. The molecule has 0 saturated heterocycles. The van der Waals surface area contributed by atoms with Crippen LogP contribution in [-0.2, 0) is 4.79 Å². The lowest BCUT2D eigenvalue weighted by molar-refractivity contribution is -0.117. The van der Waals surface area contributed by atoms with Gasteiger partial charge in [0.1, 0.15) is 11.8 Å². The minimum absolute atomic E-state index is 0.0490. The van der Waals surface area contributed by atoms with Gasteiger partial charge in [0.15, 0.2) is 0 Å². The minimum atomic E-state index is -0.328. The van der Waals surface area contributed by atoms with Crippen LogP contribution in [0.5, 0.6) is 5.75 Å². The van der Waals surface area contributed by atoms with Crippen molar-refractivity contribution in [1.29, 1.82) is 0 Å². The van der Waals surface area contributed by atoms with Gasteiger partial charge >= 0.3 is 0 Å². The number of rotatable bonds is 6. The summed E-state index contributed by atoms with van der Waals surface area (Å²) in [5, 5.41) is 6.28. The topological polar surface area (TPSA) is 50.4 Å². The first-order valence-corrected chi connectivity index (χ1v) is 7.82. The summed E-state index contributed by atoms with van der Waals surface area (Å²) in [5.41, 5.74) is 3.85. The molecule has 2 rings (SSSR count). The van der Waals surface area contributed by atoms with Crippen LogP contribution in [-0.4, -0.2) is 19.1 Å². The van der Waals surface area contributed by atoms with Crippen molar-refractivity contribution < 1.29 is 9.53 Å². The van der Waals surface area contributed by atoms with Crippen LogP contribution in [0.25, 0.3) is 0 Å². The fourth-order valence-electron chi connectivity index (χ4n) is 2.39. The molecule has 0 heterocycles. The first-order chi connectivity index (χ1) is 11.0. The fraction of sp³-hybridized carbons (Fsp3) is 0.316. The molecule has 0 spiro atoms. The number of hydrogen-bond donors (Lipinski definition) is 2. The quantitative estimate of drug-likeness (QED) is 0.843. The van der Waals surface area contributed by atoms with Crippen LogP contribution in [0, 0.1) is 13.8 Å². The average molecular weight is 312 g/mol. The Kier molecular flexibility index (Phi) is 5.63. The van der Waals surface area contributed by atoms with Crippen LogP contribution in [0.1, 0.15) is 24.5 Å². The largest absolute Gasteiger partial charge is 0.495 e. The van der Waals surface area contributed by atoms with Gasteiger partial charge in [0, 0.05) is 5.69 Å². The molecule has 4 nitrogen and oxygen atoms in total. The maximum Gasteiger partial charge on any atom is 0.246 e. The van der Waals surface area contributed by atoms with Crippen molar-refractivity contribution in [3.8, 4) is 5.75 Å². The Morgan fingerprint density at radius 2 is 1.87 bits per heavy atom. The van der Waals surface area contributed by atoms with Crippen LogP contribution in [0.2, 0.25) is 0 Å². The Balaban J connectivity index is 2.14. The molecule has 0 saturated carbocycles. The Bertz CT molecular complexity index is 683. The molecule has 0 aromatic heterocycles. The molecule has 0 aliphatic heterocycles. The Labute approximate surface area is 137 Å². The Hall–Kier alpha value is -2.49. The smallest absolute Gasteiger partial charge is 0.246 e. The molecule has 0 bridgehead atoms. The van der Waals surface area contributed by atoms with Crippen molar-refractivity contribution in [3.05, 3.63) is 53.6 Å². The Morgan fingerprint density at radius 1 is 1.13 bits per heavy atom. The van der Waals surface area contributed by atoms with Crippen LogP contribution in [0.4, 0.5) is 11.4 Å². The number of carbonyl (C=O) groups is 1. The minimum Gasteiger partial charge on any atom is -0.495 e. The number of hydrogen-bond acceptors (Lipinski definition) is 3. The van der Waals surface area contributed by atoms with Gasteiger partial charge in [-0.05, 0) is 49.6 Å². The summed E-state index contributed by atoms with van der Waals surface area (Å²) in [6, 6.07) is 13.3.